The van der Waals surface area contributed by atoms with E-state index in [1.165, 1.54) is 12.1 Å². The summed E-state index contributed by atoms with van der Waals surface area (Å²) < 4.78 is 14.3. The summed E-state index contributed by atoms with van der Waals surface area (Å²) in [6, 6.07) is 10.1. The summed E-state index contributed by atoms with van der Waals surface area (Å²) >= 11 is 9.34. The van der Waals surface area contributed by atoms with Crippen molar-refractivity contribution in [3.05, 3.63) is 70.3 Å². The molecule has 0 aliphatic rings. The highest BCUT2D eigenvalue weighted by atomic mass is 79.9. The molecule has 0 atom stereocenters. The molecule has 0 bridgehead atoms. The topological polar surface area (TPSA) is 63.6 Å². The third-order valence-corrected chi connectivity index (χ3v) is 4.42. The molecule has 0 aliphatic carbocycles. The number of rotatable bonds is 3. The van der Waals surface area contributed by atoms with E-state index in [9.17, 15) is 4.39 Å². The van der Waals surface area contributed by atoms with E-state index >= 15 is 0 Å². The first-order chi connectivity index (χ1) is 12.6. The molecule has 0 unspecified atom stereocenters. The van der Waals surface area contributed by atoms with Crippen molar-refractivity contribution in [1.29, 1.82) is 0 Å². The van der Waals surface area contributed by atoms with Gasteiger partial charge in [-0.25, -0.2) is 19.3 Å². The van der Waals surface area contributed by atoms with Gasteiger partial charge >= 0.3 is 0 Å². The van der Waals surface area contributed by atoms with Crippen molar-refractivity contribution >= 4 is 49.9 Å². The third kappa shape index (κ3) is 3.36. The summed E-state index contributed by atoms with van der Waals surface area (Å²) in [7, 11) is 0. The Hall–Kier alpha value is -2.64. The maximum atomic E-state index is 13.4. The molecule has 0 fully saturated rings. The second-order valence-corrected chi connectivity index (χ2v) is 6.72. The molecule has 2 aromatic carbocycles. The molecule has 4 rings (SSSR count). The van der Waals surface area contributed by atoms with Crippen LogP contribution in [0.15, 0.2) is 59.5 Å². The molecule has 8 heteroatoms. The van der Waals surface area contributed by atoms with Crippen molar-refractivity contribution in [2.75, 3.05) is 5.32 Å². The quantitative estimate of drug-likeness (QED) is 0.472. The van der Waals surface area contributed by atoms with Crippen molar-refractivity contribution in [3.8, 4) is 11.5 Å². The highest BCUT2D eigenvalue weighted by Gasteiger charge is 2.12. The lowest BCUT2D eigenvalue weighted by Gasteiger charge is -2.11. The number of benzene rings is 2. The molecule has 0 saturated heterocycles. The first-order valence-electron chi connectivity index (χ1n) is 7.56. The smallest absolute Gasteiger partial charge is 0.182 e. The van der Waals surface area contributed by atoms with Crippen LogP contribution in [0.4, 0.5) is 15.9 Å². The Balaban J connectivity index is 1.87. The third-order valence-electron chi connectivity index (χ3n) is 3.63. The molecular weight excluding hydrogens is 421 g/mol. The van der Waals surface area contributed by atoms with Crippen molar-refractivity contribution in [1.82, 2.24) is 19.9 Å². The molecule has 26 heavy (non-hydrogen) atoms. The maximum absolute atomic E-state index is 13.4. The number of anilines is 2. The van der Waals surface area contributed by atoms with Crippen LogP contribution in [0, 0.1) is 5.82 Å². The zero-order valence-corrected chi connectivity index (χ0v) is 15.5. The van der Waals surface area contributed by atoms with Gasteiger partial charge in [-0.15, -0.1) is 0 Å². The van der Waals surface area contributed by atoms with E-state index in [0.717, 1.165) is 15.4 Å². The molecule has 1 N–H and O–H groups in total. The van der Waals surface area contributed by atoms with Crippen molar-refractivity contribution < 1.29 is 4.39 Å². The Kier molecular flexibility index (Phi) is 4.48. The average Bonchev–Trinajstić information content (AvgIpc) is 2.65. The molecule has 0 radical (unpaired) electrons. The number of nitrogens with one attached hydrogen (secondary N) is 1. The van der Waals surface area contributed by atoms with E-state index in [4.69, 9.17) is 11.6 Å². The number of aromatic nitrogens is 4. The summed E-state index contributed by atoms with van der Waals surface area (Å²) in [6.45, 7) is 0. The van der Waals surface area contributed by atoms with Gasteiger partial charge in [0.05, 0.1) is 16.7 Å². The van der Waals surface area contributed by atoms with Crippen LogP contribution in [0.1, 0.15) is 0 Å². The lowest BCUT2D eigenvalue weighted by atomic mass is 10.2. The zero-order chi connectivity index (χ0) is 18.1. The van der Waals surface area contributed by atoms with Gasteiger partial charge in [-0.05, 0) is 36.4 Å². The Morgan fingerprint density at radius 3 is 2.69 bits per heavy atom. The van der Waals surface area contributed by atoms with Gasteiger partial charge in [-0.2, -0.15) is 0 Å². The SMILES string of the molecule is Fc1ccc(Nc2nc(-c3cnccn3)nc3ccc(Br)cc23)cc1Cl. The van der Waals surface area contributed by atoms with Crippen molar-refractivity contribution in [3.63, 3.8) is 0 Å². The molecule has 0 saturated carbocycles. The highest BCUT2D eigenvalue weighted by molar-refractivity contribution is 9.10. The first kappa shape index (κ1) is 16.8. The minimum absolute atomic E-state index is 0.0312. The molecular formula is C18H10BrClFN5. The Labute approximate surface area is 161 Å². The molecule has 128 valence electrons. The number of nitrogens with zero attached hydrogens (tertiary/aromatic N) is 4. The van der Waals surface area contributed by atoms with Crippen LogP contribution in [0.5, 0.6) is 0 Å². The number of halogens is 3. The van der Waals surface area contributed by atoms with Crippen molar-refractivity contribution in [2.45, 2.75) is 0 Å². The summed E-state index contributed by atoms with van der Waals surface area (Å²) in [4.78, 5) is 17.4. The van der Waals surface area contributed by atoms with E-state index < -0.39 is 5.82 Å². The minimum atomic E-state index is -0.479. The van der Waals surface area contributed by atoms with Gasteiger partial charge in [0.1, 0.15) is 17.3 Å². The van der Waals surface area contributed by atoms with E-state index in [0.29, 0.717) is 23.0 Å². The zero-order valence-electron chi connectivity index (χ0n) is 13.1. The van der Waals surface area contributed by atoms with Gasteiger partial charge in [-0.1, -0.05) is 27.5 Å². The van der Waals surface area contributed by atoms with Gasteiger partial charge in [0.15, 0.2) is 5.82 Å². The predicted molar refractivity (Wildman–Crippen MR) is 103 cm³/mol. The van der Waals surface area contributed by atoms with Crippen LogP contribution in [0.3, 0.4) is 0 Å². The second-order valence-electron chi connectivity index (χ2n) is 5.40. The van der Waals surface area contributed by atoms with Crippen LogP contribution in [0.2, 0.25) is 5.02 Å². The largest absolute Gasteiger partial charge is 0.340 e. The summed E-state index contributed by atoms with van der Waals surface area (Å²) in [5.74, 6) is 0.510. The van der Waals surface area contributed by atoms with E-state index in [1.54, 1.807) is 24.7 Å². The number of hydrogen-bond donors (Lipinski definition) is 1. The molecule has 2 aromatic heterocycles. The summed E-state index contributed by atoms with van der Waals surface area (Å²) in [6.07, 6.45) is 4.76. The van der Waals surface area contributed by atoms with Gasteiger partial charge in [0.25, 0.3) is 0 Å². The van der Waals surface area contributed by atoms with E-state index in [1.807, 2.05) is 18.2 Å². The number of hydrogen-bond acceptors (Lipinski definition) is 5. The lowest BCUT2D eigenvalue weighted by molar-refractivity contribution is 0.628. The molecule has 4 aromatic rings. The average molecular weight is 431 g/mol. The Bertz CT molecular complexity index is 1110. The fourth-order valence-corrected chi connectivity index (χ4v) is 2.98. The monoisotopic (exact) mass is 429 g/mol. The predicted octanol–water partition coefficient (Wildman–Crippen LogP) is 5.39. The fourth-order valence-electron chi connectivity index (χ4n) is 2.44. The Morgan fingerprint density at radius 1 is 1.04 bits per heavy atom. The fraction of sp³-hybridized carbons (Fsp3) is 0. The van der Waals surface area contributed by atoms with Crippen LogP contribution in [-0.2, 0) is 0 Å². The van der Waals surface area contributed by atoms with Crippen LogP contribution >= 0.6 is 27.5 Å². The summed E-state index contributed by atoms with van der Waals surface area (Å²) in [5, 5.41) is 4.01. The summed E-state index contributed by atoms with van der Waals surface area (Å²) in [5.41, 5.74) is 1.90. The van der Waals surface area contributed by atoms with E-state index in [2.05, 4.69) is 41.2 Å². The van der Waals surface area contributed by atoms with Gasteiger partial charge in [-0.3, -0.25) is 4.98 Å². The van der Waals surface area contributed by atoms with Gasteiger partial charge < -0.3 is 5.32 Å². The second kappa shape index (κ2) is 6.93. The van der Waals surface area contributed by atoms with E-state index in [-0.39, 0.29) is 5.02 Å². The molecule has 0 aliphatic heterocycles. The molecule has 0 amide bonds. The normalized spacial score (nSPS) is 10.9. The van der Waals surface area contributed by atoms with Gasteiger partial charge in [0, 0.05) is 27.9 Å². The lowest BCUT2D eigenvalue weighted by Crippen LogP contribution is -2.00. The number of fused-ring (bicyclic) bond motifs is 1. The maximum Gasteiger partial charge on any atom is 0.182 e. The Morgan fingerprint density at radius 2 is 1.92 bits per heavy atom. The first-order valence-corrected chi connectivity index (χ1v) is 8.73. The molecule has 0 spiro atoms. The van der Waals surface area contributed by atoms with Crippen LogP contribution in [0.25, 0.3) is 22.4 Å². The van der Waals surface area contributed by atoms with Crippen LogP contribution < -0.4 is 5.32 Å². The molecule has 2 heterocycles. The van der Waals surface area contributed by atoms with Crippen LogP contribution in [-0.4, -0.2) is 19.9 Å². The highest BCUT2D eigenvalue weighted by Crippen LogP contribution is 2.30. The minimum Gasteiger partial charge on any atom is -0.340 e. The standard InChI is InChI=1S/C18H10BrClFN5/c19-10-1-4-15-12(7-10)17(24-11-2-3-14(21)13(20)8-11)26-18(25-15)16-9-22-5-6-23-16/h1-9H,(H,24,25,26). The van der Waals surface area contributed by atoms with Gasteiger partial charge in [0.2, 0.25) is 0 Å². The van der Waals surface area contributed by atoms with Crippen molar-refractivity contribution in [2.24, 2.45) is 0 Å². The molecule has 5 nitrogen and oxygen atoms in total.